The van der Waals surface area contributed by atoms with E-state index < -0.39 is 5.97 Å². The molecule has 1 aliphatic heterocycles. The van der Waals surface area contributed by atoms with E-state index in [1.54, 1.807) is 18.3 Å². The van der Waals surface area contributed by atoms with Gasteiger partial charge in [-0.05, 0) is 24.7 Å². The van der Waals surface area contributed by atoms with Crippen LogP contribution in [0.3, 0.4) is 0 Å². The maximum Gasteiger partial charge on any atom is 1.00 e. The number of hydrogen-bond acceptors (Lipinski definition) is 5. The van der Waals surface area contributed by atoms with E-state index >= 15 is 0 Å². The zero-order valence-electron chi connectivity index (χ0n) is 13.5. The number of carboxylic acid groups (broad SMARTS) is 1. The molecule has 6 heteroatoms. The molecule has 0 N–H and O–H groups in total. The summed E-state index contributed by atoms with van der Waals surface area (Å²) in [5.74, 6) is -0.696. The molecule has 0 bridgehead atoms. The number of pyridine rings is 1. The number of benzene rings is 1. The molecule has 23 heavy (non-hydrogen) atoms. The summed E-state index contributed by atoms with van der Waals surface area (Å²) in [6, 6.07) is 13.4. The van der Waals surface area contributed by atoms with Crippen LogP contribution >= 0.6 is 0 Å². The van der Waals surface area contributed by atoms with E-state index in [2.05, 4.69) is 34.0 Å². The number of carbonyl (C=O) groups is 1. The van der Waals surface area contributed by atoms with Gasteiger partial charge in [0.1, 0.15) is 5.82 Å². The molecule has 0 aliphatic carbocycles. The van der Waals surface area contributed by atoms with Crippen molar-refractivity contribution < 1.29 is 61.3 Å². The monoisotopic (exact) mass is 335 g/mol. The van der Waals surface area contributed by atoms with E-state index in [4.69, 9.17) is 0 Å². The molecule has 0 radical (unpaired) electrons. The van der Waals surface area contributed by atoms with Crippen LogP contribution in [0.2, 0.25) is 0 Å². The molecule has 0 amide bonds. The Kier molecular flexibility index (Phi) is 6.76. The maximum absolute atomic E-state index is 11.4. The zero-order valence-corrected chi connectivity index (χ0v) is 16.6. The average molecular weight is 335 g/mol. The Bertz CT molecular complexity index is 666. The normalized spacial score (nSPS) is 18.3. The fourth-order valence-electron chi connectivity index (χ4n) is 2.92. The van der Waals surface area contributed by atoms with Gasteiger partial charge in [-0.15, -0.1) is 0 Å². The summed E-state index contributed by atoms with van der Waals surface area (Å²) in [7, 11) is 2.07. The number of nitrogens with zero attached hydrogens (tertiary/aromatic N) is 3. The summed E-state index contributed by atoms with van der Waals surface area (Å²) in [6.07, 6.45) is 1.63. The third-order valence-electron chi connectivity index (χ3n) is 4.05. The quantitative estimate of drug-likeness (QED) is 0.604. The van der Waals surface area contributed by atoms with Crippen LogP contribution in [0.15, 0.2) is 48.7 Å². The first-order chi connectivity index (χ1) is 10.7. The summed E-state index contributed by atoms with van der Waals surface area (Å²) < 4.78 is 0. The number of anilines is 1. The van der Waals surface area contributed by atoms with E-state index in [9.17, 15) is 9.90 Å². The van der Waals surface area contributed by atoms with Crippen LogP contribution in [0.5, 0.6) is 0 Å². The Morgan fingerprint density at radius 1 is 1.17 bits per heavy atom. The van der Waals surface area contributed by atoms with Crippen molar-refractivity contribution in [3.05, 3.63) is 59.8 Å². The minimum absolute atomic E-state index is 0. The summed E-state index contributed by atoms with van der Waals surface area (Å²) in [6.45, 7) is 2.42. The fourth-order valence-corrected chi connectivity index (χ4v) is 2.92. The van der Waals surface area contributed by atoms with Crippen molar-refractivity contribution in [3.63, 3.8) is 0 Å². The van der Waals surface area contributed by atoms with E-state index in [0.717, 1.165) is 25.2 Å². The molecule has 1 aliphatic rings. The SMILES string of the molecule is CN1CCN(c2ncccc2C(=O)[O-])C(c2ccccc2)C1.[K+]. The molecule has 1 fully saturated rings. The van der Waals surface area contributed by atoms with Gasteiger partial charge in [-0.3, -0.25) is 0 Å². The standard InChI is InChI=1S/C17H19N3O2.K/c1-19-10-11-20(15(12-19)13-6-3-2-4-7-13)16-14(17(21)22)8-5-9-18-16;/h2-9,15H,10-12H2,1H3,(H,21,22);/q;+1/p-1. The molecular formula is C17H18KN3O2. The van der Waals surface area contributed by atoms with Crippen LogP contribution in [-0.4, -0.2) is 42.5 Å². The number of piperazine rings is 1. The minimum atomic E-state index is -1.19. The van der Waals surface area contributed by atoms with Gasteiger partial charge < -0.3 is 19.7 Å². The van der Waals surface area contributed by atoms with Crippen molar-refractivity contribution >= 4 is 11.8 Å². The molecule has 114 valence electrons. The van der Waals surface area contributed by atoms with E-state index in [1.807, 2.05) is 18.2 Å². The molecule has 3 rings (SSSR count). The average Bonchev–Trinajstić information content (AvgIpc) is 2.55. The van der Waals surface area contributed by atoms with Crippen molar-refractivity contribution in [2.45, 2.75) is 6.04 Å². The number of rotatable bonds is 3. The number of aromatic nitrogens is 1. The van der Waals surface area contributed by atoms with Crippen molar-refractivity contribution in [1.82, 2.24) is 9.88 Å². The van der Waals surface area contributed by atoms with Gasteiger partial charge in [0.25, 0.3) is 0 Å². The van der Waals surface area contributed by atoms with E-state index in [0.29, 0.717) is 5.82 Å². The number of aromatic carboxylic acids is 1. The Morgan fingerprint density at radius 3 is 2.61 bits per heavy atom. The number of carboxylic acids is 1. The molecule has 1 aromatic carbocycles. The van der Waals surface area contributed by atoms with Gasteiger partial charge in [-0.25, -0.2) is 4.98 Å². The maximum atomic E-state index is 11.4. The Balaban J connectivity index is 0.00000192. The molecule has 2 aromatic rings. The molecule has 0 saturated carbocycles. The molecule has 1 saturated heterocycles. The third kappa shape index (κ3) is 4.20. The largest absolute Gasteiger partial charge is 1.00 e. The van der Waals surface area contributed by atoms with Crippen molar-refractivity contribution in [2.24, 2.45) is 0 Å². The molecule has 1 unspecified atom stereocenters. The van der Waals surface area contributed by atoms with Gasteiger partial charge in [-0.2, -0.15) is 0 Å². The second-order valence-electron chi connectivity index (χ2n) is 5.54. The van der Waals surface area contributed by atoms with Gasteiger partial charge in [0, 0.05) is 31.4 Å². The van der Waals surface area contributed by atoms with Crippen molar-refractivity contribution in [3.8, 4) is 0 Å². The number of carbonyl (C=O) groups excluding carboxylic acids is 1. The van der Waals surface area contributed by atoms with Gasteiger partial charge in [0.05, 0.1) is 12.0 Å². The Hall–Kier alpha value is -0.764. The van der Waals surface area contributed by atoms with Gasteiger partial charge >= 0.3 is 51.4 Å². The molecule has 1 aromatic heterocycles. The van der Waals surface area contributed by atoms with Crippen LogP contribution in [0.4, 0.5) is 5.82 Å². The van der Waals surface area contributed by atoms with E-state index in [1.165, 1.54) is 0 Å². The first kappa shape index (κ1) is 18.6. The Morgan fingerprint density at radius 2 is 1.91 bits per heavy atom. The fraction of sp³-hybridized carbons (Fsp3) is 0.294. The molecule has 0 spiro atoms. The summed E-state index contributed by atoms with van der Waals surface area (Å²) >= 11 is 0. The van der Waals surface area contributed by atoms with Gasteiger partial charge in [0.2, 0.25) is 0 Å². The number of hydrogen-bond donors (Lipinski definition) is 0. The number of likely N-dealkylation sites (N-methyl/N-ethyl adjacent to an activating group) is 1. The predicted octanol–water partition coefficient (Wildman–Crippen LogP) is -2.06. The predicted molar refractivity (Wildman–Crippen MR) is 82.6 cm³/mol. The molecular weight excluding hydrogens is 317 g/mol. The summed E-state index contributed by atoms with van der Waals surface area (Å²) in [4.78, 5) is 20.0. The first-order valence-corrected chi connectivity index (χ1v) is 7.33. The first-order valence-electron chi connectivity index (χ1n) is 7.33. The summed E-state index contributed by atoms with van der Waals surface area (Å²) in [5, 5.41) is 11.4. The zero-order chi connectivity index (χ0) is 15.5. The topological polar surface area (TPSA) is 59.5 Å². The van der Waals surface area contributed by atoms with Crippen molar-refractivity contribution in [2.75, 3.05) is 31.6 Å². The third-order valence-corrected chi connectivity index (χ3v) is 4.05. The van der Waals surface area contributed by atoms with Crippen LogP contribution < -0.4 is 61.4 Å². The second-order valence-corrected chi connectivity index (χ2v) is 5.54. The summed E-state index contributed by atoms with van der Waals surface area (Å²) in [5.41, 5.74) is 1.30. The molecule has 2 heterocycles. The molecule has 5 nitrogen and oxygen atoms in total. The molecule has 1 atom stereocenters. The van der Waals surface area contributed by atoms with Crippen molar-refractivity contribution in [1.29, 1.82) is 0 Å². The van der Waals surface area contributed by atoms with Gasteiger partial charge in [-0.1, -0.05) is 30.3 Å². The minimum Gasteiger partial charge on any atom is -0.545 e. The van der Waals surface area contributed by atoms with Gasteiger partial charge in [0.15, 0.2) is 0 Å². The van der Waals surface area contributed by atoms with Crippen LogP contribution in [0.1, 0.15) is 22.0 Å². The second kappa shape index (κ2) is 8.37. The smallest absolute Gasteiger partial charge is 0.545 e. The van der Waals surface area contributed by atoms with Crippen LogP contribution in [0, 0.1) is 0 Å². The van der Waals surface area contributed by atoms with Crippen LogP contribution in [-0.2, 0) is 0 Å². The van der Waals surface area contributed by atoms with Crippen LogP contribution in [0.25, 0.3) is 0 Å². The Labute approximate surface area is 178 Å². The van der Waals surface area contributed by atoms with E-state index in [-0.39, 0.29) is 63.0 Å².